The average molecular weight is 385 g/mol. The third-order valence-electron chi connectivity index (χ3n) is 3.74. The second-order valence-electron chi connectivity index (χ2n) is 5.42. The molecule has 4 rings (SSSR count). The molecule has 3 aromatic heterocycles. The number of aromatic amines is 1. The highest BCUT2D eigenvalue weighted by Gasteiger charge is 2.14. The fraction of sp³-hybridized carbons (Fsp3) is 0.0588. The molecule has 0 saturated heterocycles. The monoisotopic (exact) mass is 384 g/mol. The molecule has 0 aliphatic carbocycles. The van der Waals surface area contributed by atoms with Gasteiger partial charge >= 0.3 is 0 Å². The summed E-state index contributed by atoms with van der Waals surface area (Å²) in [6, 6.07) is 13.2. The van der Waals surface area contributed by atoms with Gasteiger partial charge in [0.15, 0.2) is 5.76 Å². The lowest BCUT2D eigenvalue weighted by Gasteiger charge is -2.02. The van der Waals surface area contributed by atoms with Crippen LogP contribution in [0, 0.1) is 11.7 Å². The number of rotatable bonds is 4. The quantitative estimate of drug-likeness (QED) is 0.422. The van der Waals surface area contributed by atoms with Crippen LogP contribution in [0.4, 0.5) is 0 Å². The van der Waals surface area contributed by atoms with Crippen molar-refractivity contribution in [3.05, 3.63) is 69.9 Å². The molecular formula is C17H13ClN6OS. The van der Waals surface area contributed by atoms with Gasteiger partial charge in [-0.25, -0.2) is 9.78 Å². The number of furan rings is 1. The molecular weight excluding hydrogens is 372 g/mol. The summed E-state index contributed by atoms with van der Waals surface area (Å²) >= 11 is 11.8. The summed E-state index contributed by atoms with van der Waals surface area (Å²) in [4.78, 5) is 0. The lowest BCUT2D eigenvalue weighted by molar-refractivity contribution is 0.573. The van der Waals surface area contributed by atoms with Gasteiger partial charge in [0.25, 0.3) is 0 Å². The first kappa shape index (κ1) is 16.5. The van der Waals surface area contributed by atoms with Gasteiger partial charge in [0.05, 0.1) is 29.4 Å². The molecule has 0 aliphatic rings. The van der Waals surface area contributed by atoms with Gasteiger partial charge in [-0.15, -0.1) is 5.10 Å². The smallest absolute Gasteiger partial charge is 0.219 e. The highest BCUT2D eigenvalue weighted by molar-refractivity contribution is 7.71. The maximum Gasteiger partial charge on any atom is 0.219 e. The number of aromatic nitrogens is 5. The maximum absolute atomic E-state index is 6.52. The molecule has 0 atom stereocenters. The number of halogens is 1. The van der Waals surface area contributed by atoms with E-state index < -0.39 is 0 Å². The van der Waals surface area contributed by atoms with Crippen molar-refractivity contribution >= 4 is 30.0 Å². The topological polar surface area (TPSA) is 76.9 Å². The fourth-order valence-electron chi connectivity index (χ4n) is 2.48. The van der Waals surface area contributed by atoms with Crippen LogP contribution < -0.4 is 0 Å². The van der Waals surface area contributed by atoms with Crippen LogP contribution in [0.5, 0.6) is 0 Å². The number of hydrogen-bond acceptors (Lipinski definition) is 5. The molecule has 9 heteroatoms. The van der Waals surface area contributed by atoms with E-state index in [4.69, 9.17) is 28.2 Å². The van der Waals surface area contributed by atoms with Gasteiger partial charge in [0.1, 0.15) is 5.15 Å². The van der Waals surface area contributed by atoms with Gasteiger partial charge in [-0.05, 0) is 43.4 Å². The van der Waals surface area contributed by atoms with Gasteiger partial charge in [0, 0.05) is 0 Å². The van der Waals surface area contributed by atoms with Crippen molar-refractivity contribution in [1.82, 2.24) is 24.7 Å². The highest BCUT2D eigenvalue weighted by atomic mass is 35.5. The summed E-state index contributed by atoms with van der Waals surface area (Å²) in [6.07, 6.45) is 3.17. The van der Waals surface area contributed by atoms with Crippen LogP contribution in [0.1, 0.15) is 11.3 Å². The summed E-state index contributed by atoms with van der Waals surface area (Å²) in [5, 5.41) is 16.2. The summed E-state index contributed by atoms with van der Waals surface area (Å²) < 4.78 is 8.86. The number of hydrogen-bond donors (Lipinski definition) is 1. The molecule has 0 aliphatic heterocycles. The highest BCUT2D eigenvalue weighted by Crippen LogP contribution is 2.22. The number of aryl methyl sites for hydroxylation is 1. The largest absolute Gasteiger partial charge is 0.461 e. The average Bonchev–Trinajstić information content (AvgIpc) is 3.36. The summed E-state index contributed by atoms with van der Waals surface area (Å²) in [5.41, 5.74) is 2.32. The molecule has 0 unspecified atom stereocenters. The number of nitrogens with zero attached hydrogens (tertiary/aromatic N) is 5. The van der Waals surface area contributed by atoms with Gasteiger partial charge in [-0.2, -0.15) is 14.9 Å². The van der Waals surface area contributed by atoms with E-state index in [1.165, 1.54) is 4.68 Å². The van der Waals surface area contributed by atoms with Crippen LogP contribution in [0.2, 0.25) is 5.15 Å². The van der Waals surface area contributed by atoms with Crippen LogP contribution in [-0.4, -0.2) is 30.9 Å². The Morgan fingerprint density at radius 3 is 2.77 bits per heavy atom. The summed E-state index contributed by atoms with van der Waals surface area (Å²) in [5.74, 6) is 1.03. The van der Waals surface area contributed by atoms with E-state index in [0.29, 0.717) is 27.1 Å². The minimum Gasteiger partial charge on any atom is -0.461 e. The van der Waals surface area contributed by atoms with E-state index in [1.807, 2.05) is 37.3 Å². The molecule has 7 nitrogen and oxygen atoms in total. The molecule has 1 aromatic carbocycles. The Morgan fingerprint density at radius 1 is 1.23 bits per heavy atom. The van der Waals surface area contributed by atoms with E-state index in [0.717, 1.165) is 11.4 Å². The van der Waals surface area contributed by atoms with Crippen molar-refractivity contribution in [3.8, 4) is 17.3 Å². The zero-order chi connectivity index (χ0) is 18.1. The molecule has 0 amide bonds. The van der Waals surface area contributed by atoms with Crippen molar-refractivity contribution in [2.75, 3.05) is 0 Å². The van der Waals surface area contributed by atoms with E-state index in [9.17, 15) is 0 Å². The normalized spacial score (nSPS) is 11.5. The fourth-order valence-corrected chi connectivity index (χ4v) is 2.98. The third kappa shape index (κ3) is 2.89. The van der Waals surface area contributed by atoms with E-state index in [-0.39, 0.29) is 0 Å². The molecule has 3 heterocycles. The van der Waals surface area contributed by atoms with Gasteiger partial charge < -0.3 is 4.42 Å². The van der Waals surface area contributed by atoms with Crippen LogP contribution in [0.25, 0.3) is 17.3 Å². The number of para-hydroxylation sites is 1. The Bertz CT molecular complexity index is 1120. The number of H-pyrrole nitrogens is 1. The Labute approximate surface area is 158 Å². The van der Waals surface area contributed by atoms with E-state index >= 15 is 0 Å². The predicted molar refractivity (Wildman–Crippen MR) is 101 cm³/mol. The van der Waals surface area contributed by atoms with Crippen LogP contribution in [0.3, 0.4) is 0 Å². The zero-order valence-electron chi connectivity index (χ0n) is 13.6. The maximum atomic E-state index is 6.52. The first-order chi connectivity index (χ1) is 12.6. The third-order valence-corrected chi connectivity index (χ3v) is 4.37. The van der Waals surface area contributed by atoms with Crippen molar-refractivity contribution in [2.24, 2.45) is 5.10 Å². The lowest BCUT2D eigenvalue weighted by Crippen LogP contribution is -1.96. The minimum absolute atomic E-state index is 0.344. The number of benzene rings is 1. The molecule has 0 fully saturated rings. The summed E-state index contributed by atoms with van der Waals surface area (Å²) in [7, 11) is 0. The molecule has 26 heavy (non-hydrogen) atoms. The summed E-state index contributed by atoms with van der Waals surface area (Å²) in [6.45, 7) is 1.87. The molecule has 0 saturated carbocycles. The van der Waals surface area contributed by atoms with E-state index in [2.05, 4.69) is 20.4 Å². The first-order valence-electron chi connectivity index (χ1n) is 7.71. The van der Waals surface area contributed by atoms with Gasteiger partial charge in [0.2, 0.25) is 10.6 Å². The van der Waals surface area contributed by atoms with Gasteiger partial charge in [-0.1, -0.05) is 29.8 Å². The van der Waals surface area contributed by atoms with Crippen LogP contribution in [0.15, 0.2) is 58.2 Å². The Kier molecular flexibility index (Phi) is 4.27. The minimum atomic E-state index is 0.344. The molecule has 4 aromatic rings. The predicted octanol–water partition coefficient (Wildman–Crippen LogP) is 4.23. The van der Waals surface area contributed by atoms with Crippen LogP contribution >= 0.6 is 23.8 Å². The molecule has 0 radical (unpaired) electrons. The first-order valence-corrected chi connectivity index (χ1v) is 8.50. The van der Waals surface area contributed by atoms with Crippen LogP contribution in [-0.2, 0) is 0 Å². The second-order valence-corrected chi connectivity index (χ2v) is 6.17. The van der Waals surface area contributed by atoms with Crippen molar-refractivity contribution in [2.45, 2.75) is 6.92 Å². The standard InChI is InChI=1S/C17H13ClN6OS/c1-11-13(15(18)23(22-11)12-6-3-2-4-7-12)10-19-24-16(20-21-17(24)26)14-8-5-9-25-14/h2-10H,1H3,(H,21,26)/b19-10-. The van der Waals surface area contributed by atoms with E-state index in [1.54, 1.807) is 29.3 Å². The Morgan fingerprint density at radius 2 is 2.04 bits per heavy atom. The second kappa shape index (κ2) is 6.74. The lowest BCUT2D eigenvalue weighted by atomic mass is 10.3. The van der Waals surface area contributed by atoms with Crippen molar-refractivity contribution < 1.29 is 4.42 Å². The number of nitrogens with one attached hydrogen (secondary N) is 1. The Hall–Kier alpha value is -2.97. The zero-order valence-corrected chi connectivity index (χ0v) is 15.2. The van der Waals surface area contributed by atoms with Crippen molar-refractivity contribution in [3.63, 3.8) is 0 Å². The molecule has 130 valence electrons. The van der Waals surface area contributed by atoms with Gasteiger partial charge in [-0.3, -0.25) is 0 Å². The molecule has 0 bridgehead atoms. The Balaban J connectivity index is 1.75. The molecule has 0 spiro atoms. The SMILES string of the molecule is Cc1nn(-c2ccccc2)c(Cl)c1/C=N\n1c(-c2ccco2)n[nH]c1=S. The van der Waals surface area contributed by atoms with Crippen molar-refractivity contribution in [1.29, 1.82) is 0 Å². The molecule has 1 N–H and O–H groups in total.